The molecule has 0 amide bonds. The zero-order valence-electron chi connectivity index (χ0n) is 11.5. The Labute approximate surface area is 114 Å². The summed E-state index contributed by atoms with van der Waals surface area (Å²) in [6, 6.07) is 13.8. The van der Waals surface area contributed by atoms with Crippen LogP contribution in [0.4, 0.5) is 0 Å². The lowest BCUT2D eigenvalue weighted by atomic mass is 9.96. The van der Waals surface area contributed by atoms with E-state index in [2.05, 4.69) is 26.0 Å². The number of rotatable bonds is 4. The average Bonchev–Trinajstić information content (AvgIpc) is 2.46. The van der Waals surface area contributed by atoms with E-state index in [0.29, 0.717) is 11.5 Å². The average molecular weight is 254 g/mol. The fourth-order valence-corrected chi connectivity index (χ4v) is 2.09. The molecule has 0 fully saturated rings. The van der Waals surface area contributed by atoms with Crippen LogP contribution in [0.15, 0.2) is 42.5 Å². The monoisotopic (exact) mass is 254 g/mol. The van der Waals surface area contributed by atoms with Gasteiger partial charge in [-0.3, -0.25) is 4.79 Å². The maximum Gasteiger partial charge on any atom is 0.150 e. The van der Waals surface area contributed by atoms with E-state index >= 15 is 0 Å². The maximum atomic E-state index is 10.9. The Morgan fingerprint density at radius 2 is 1.89 bits per heavy atom. The van der Waals surface area contributed by atoms with Crippen molar-refractivity contribution in [3.63, 3.8) is 0 Å². The Bertz CT molecular complexity index is 586. The molecule has 2 rings (SSSR count). The predicted molar refractivity (Wildman–Crippen MR) is 77.9 cm³/mol. The quantitative estimate of drug-likeness (QED) is 0.760. The molecule has 2 aromatic rings. The van der Waals surface area contributed by atoms with Crippen LogP contribution in [0.3, 0.4) is 0 Å². The summed E-state index contributed by atoms with van der Waals surface area (Å²) in [5.41, 5.74) is 3.96. The molecule has 0 aliphatic rings. The first-order chi connectivity index (χ1) is 9.15. The van der Waals surface area contributed by atoms with E-state index in [1.807, 2.05) is 24.3 Å². The van der Waals surface area contributed by atoms with Crippen molar-refractivity contribution < 1.29 is 9.53 Å². The highest BCUT2D eigenvalue weighted by Crippen LogP contribution is 2.32. The van der Waals surface area contributed by atoms with Gasteiger partial charge < -0.3 is 4.74 Å². The molecule has 0 atom stereocenters. The number of hydrogen-bond donors (Lipinski definition) is 0. The van der Waals surface area contributed by atoms with E-state index in [-0.39, 0.29) is 0 Å². The lowest BCUT2D eigenvalue weighted by Crippen LogP contribution is -1.92. The highest BCUT2D eigenvalue weighted by Gasteiger charge is 2.08. The minimum atomic E-state index is 0.472. The van der Waals surface area contributed by atoms with E-state index in [1.165, 1.54) is 5.56 Å². The molecule has 19 heavy (non-hydrogen) atoms. The maximum absolute atomic E-state index is 10.9. The van der Waals surface area contributed by atoms with E-state index in [9.17, 15) is 4.79 Å². The fourth-order valence-electron chi connectivity index (χ4n) is 2.09. The highest BCUT2D eigenvalue weighted by atomic mass is 16.5. The molecule has 0 N–H and O–H groups in total. The molecule has 0 aliphatic heterocycles. The number of methoxy groups -OCH3 is 1. The van der Waals surface area contributed by atoms with Crippen LogP contribution in [0, 0.1) is 0 Å². The lowest BCUT2D eigenvalue weighted by Gasteiger charge is -2.12. The van der Waals surface area contributed by atoms with Crippen LogP contribution in [0.2, 0.25) is 0 Å². The first-order valence-electron chi connectivity index (χ1n) is 6.39. The SMILES string of the molecule is COc1ccc(C=O)cc1-c1cccc(C(C)C)c1. The van der Waals surface area contributed by atoms with Crippen molar-refractivity contribution >= 4 is 6.29 Å². The number of aldehydes is 1. The predicted octanol–water partition coefficient (Wildman–Crippen LogP) is 4.30. The summed E-state index contributed by atoms with van der Waals surface area (Å²) in [6.45, 7) is 4.33. The second kappa shape index (κ2) is 5.70. The summed E-state index contributed by atoms with van der Waals surface area (Å²) in [4.78, 5) is 10.9. The van der Waals surface area contributed by atoms with Gasteiger partial charge in [-0.2, -0.15) is 0 Å². The second-order valence-electron chi connectivity index (χ2n) is 4.86. The Hall–Kier alpha value is -2.09. The van der Waals surface area contributed by atoms with Gasteiger partial charge in [-0.05, 0) is 35.2 Å². The molecular formula is C17H18O2. The highest BCUT2D eigenvalue weighted by molar-refractivity contribution is 5.81. The van der Waals surface area contributed by atoms with Crippen LogP contribution < -0.4 is 4.74 Å². The van der Waals surface area contributed by atoms with Gasteiger partial charge in [0, 0.05) is 11.1 Å². The molecule has 0 heterocycles. The van der Waals surface area contributed by atoms with Gasteiger partial charge in [0.15, 0.2) is 0 Å². The third-order valence-electron chi connectivity index (χ3n) is 3.22. The van der Waals surface area contributed by atoms with Gasteiger partial charge >= 0.3 is 0 Å². The van der Waals surface area contributed by atoms with Crippen molar-refractivity contribution in [1.29, 1.82) is 0 Å². The molecule has 2 aromatic carbocycles. The largest absolute Gasteiger partial charge is 0.496 e. The van der Waals surface area contributed by atoms with Crippen molar-refractivity contribution in [2.75, 3.05) is 7.11 Å². The molecule has 0 aromatic heterocycles. The number of ether oxygens (including phenoxy) is 1. The van der Waals surface area contributed by atoms with Crippen LogP contribution in [-0.2, 0) is 0 Å². The second-order valence-corrected chi connectivity index (χ2v) is 4.86. The summed E-state index contributed by atoms with van der Waals surface area (Å²) in [7, 11) is 1.64. The van der Waals surface area contributed by atoms with Gasteiger partial charge in [-0.15, -0.1) is 0 Å². The van der Waals surface area contributed by atoms with E-state index < -0.39 is 0 Å². The van der Waals surface area contributed by atoms with Gasteiger partial charge in [0.1, 0.15) is 12.0 Å². The minimum absolute atomic E-state index is 0.472. The summed E-state index contributed by atoms with van der Waals surface area (Å²) in [6.07, 6.45) is 0.856. The molecule has 2 heteroatoms. The van der Waals surface area contributed by atoms with Crippen molar-refractivity contribution in [3.05, 3.63) is 53.6 Å². The van der Waals surface area contributed by atoms with Crippen molar-refractivity contribution in [1.82, 2.24) is 0 Å². The van der Waals surface area contributed by atoms with Crippen LogP contribution in [0.1, 0.15) is 35.7 Å². The number of carbonyl (C=O) groups is 1. The Balaban J connectivity index is 2.56. The van der Waals surface area contributed by atoms with Gasteiger partial charge in [0.05, 0.1) is 7.11 Å². The lowest BCUT2D eigenvalue weighted by molar-refractivity contribution is 0.112. The molecule has 0 saturated heterocycles. The topological polar surface area (TPSA) is 26.3 Å². The molecule has 0 aliphatic carbocycles. The first-order valence-corrected chi connectivity index (χ1v) is 6.39. The Morgan fingerprint density at radius 3 is 2.53 bits per heavy atom. The molecule has 98 valence electrons. The molecule has 0 bridgehead atoms. The van der Waals surface area contributed by atoms with E-state index in [4.69, 9.17) is 4.74 Å². The van der Waals surface area contributed by atoms with E-state index in [0.717, 1.165) is 23.2 Å². The molecule has 2 nitrogen and oxygen atoms in total. The summed E-state index contributed by atoms with van der Waals surface area (Å²) in [5.74, 6) is 1.26. The van der Waals surface area contributed by atoms with Gasteiger partial charge in [0.2, 0.25) is 0 Å². The molecule has 0 radical (unpaired) electrons. The minimum Gasteiger partial charge on any atom is -0.496 e. The third kappa shape index (κ3) is 2.84. The van der Waals surface area contributed by atoms with Gasteiger partial charge in [0.25, 0.3) is 0 Å². The Morgan fingerprint density at radius 1 is 1.11 bits per heavy atom. The van der Waals surface area contributed by atoms with Crippen LogP contribution in [0.5, 0.6) is 5.75 Å². The number of carbonyl (C=O) groups excluding carboxylic acids is 1. The summed E-state index contributed by atoms with van der Waals surface area (Å²) >= 11 is 0. The molecule has 0 unspecified atom stereocenters. The Kier molecular flexibility index (Phi) is 4.00. The zero-order chi connectivity index (χ0) is 13.8. The third-order valence-corrected chi connectivity index (χ3v) is 3.22. The van der Waals surface area contributed by atoms with E-state index in [1.54, 1.807) is 13.2 Å². The molecular weight excluding hydrogens is 236 g/mol. The van der Waals surface area contributed by atoms with Crippen molar-refractivity contribution in [2.45, 2.75) is 19.8 Å². The normalized spacial score (nSPS) is 10.5. The number of hydrogen-bond acceptors (Lipinski definition) is 2. The summed E-state index contributed by atoms with van der Waals surface area (Å²) < 4.78 is 5.38. The number of benzene rings is 2. The first kappa shape index (κ1) is 13.3. The van der Waals surface area contributed by atoms with Crippen molar-refractivity contribution in [3.8, 4) is 16.9 Å². The van der Waals surface area contributed by atoms with Gasteiger partial charge in [-0.25, -0.2) is 0 Å². The fraction of sp³-hybridized carbons (Fsp3) is 0.235. The summed E-state index contributed by atoms with van der Waals surface area (Å²) in [5, 5.41) is 0. The van der Waals surface area contributed by atoms with Crippen molar-refractivity contribution in [2.24, 2.45) is 0 Å². The van der Waals surface area contributed by atoms with Crippen LogP contribution >= 0.6 is 0 Å². The standard InChI is InChI=1S/C17H18O2/c1-12(2)14-5-4-6-15(10-14)16-9-13(11-18)7-8-17(16)19-3/h4-12H,1-3H3. The smallest absolute Gasteiger partial charge is 0.150 e. The van der Waals surface area contributed by atoms with Crippen LogP contribution in [0.25, 0.3) is 11.1 Å². The molecule has 0 saturated carbocycles. The van der Waals surface area contributed by atoms with Crippen LogP contribution in [-0.4, -0.2) is 13.4 Å². The molecule has 0 spiro atoms. The van der Waals surface area contributed by atoms with Gasteiger partial charge in [-0.1, -0.05) is 38.1 Å². The zero-order valence-corrected chi connectivity index (χ0v) is 11.5.